The molecule has 1 amide bonds. The number of hydrazine groups is 1. The van der Waals surface area contributed by atoms with Gasteiger partial charge < -0.3 is 5.11 Å². The van der Waals surface area contributed by atoms with E-state index in [9.17, 15) is 9.90 Å². The lowest BCUT2D eigenvalue weighted by atomic mass is 9.47. The van der Waals surface area contributed by atoms with Gasteiger partial charge in [-0.1, -0.05) is 0 Å². The Kier molecular flexibility index (Phi) is 3.11. The Hall–Kier alpha value is -1.69. The molecule has 1 heterocycles. The van der Waals surface area contributed by atoms with Crippen molar-refractivity contribution < 1.29 is 9.90 Å². The van der Waals surface area contributed by atoms with E-state index in [4.69, 9.17) is 0 Å². The number of carbonyl (C=O) groups is 1. The molecule has 3 N–H and O–H groups in total. The van der Waals surface area contributed by atoms with Crippen molar-refractivity contribution in [3.8, 4) is 0 Å². The van der Waals surface area contributed by atoms with Gasteiger partial charge in [0.2, 0.25) is 11.9 Å². The normalized spacial score (nSPS) is 38.8. The van der Waals surface area contributed by atoms with Crippen LogP contribution < -0.4 is 10.9 Å². The average molecular weight is 302 g/mol. The summed E-state index contributed by atoms with van der Waals surface area (Å²) < 4.78 is 0. The number of amides is 1. The van der Waals surface area contributed by atoms with Crippen molar-refractivity contribution in [3.63, 3.8) is 0 Å². The predicted molar refractivity (Wildman–Crippen MR) is 80.5 cm³/mol. The lowest BCUT2D eigenvalue weighted by Crippen LogP contribution is -2.56. The molecule has 4 fully saturated rings. The Balaban J connectivity index is 1.39. The van der Waals surface area contributed by atoms with Crippen LogP contribution >= 0.6 is 0 Å². The molecule has 6 heteroatoms. The highest BCUT2D eigenvalue weighted by Gasteiger charge is 2.57. The molecule has 0 aromatic carbocycles. The topological polar surface area (TPSA) is 87.1 Å². The molecule has 4 saturated carbocycles. The Morgan fingerprint density at radius 3 is 2.55 bits per heavy atom. The minimum Gasteiger partial charge on any atom is -0.390 e. The number of nitrogens with zero attached hydrogens (tertiary/aromatic N) is 2. The highest BCUT2D eigenvalue weighted by molar-refractivity contribution is 5.77. The van der Waals surface area contributed by atoms with Crippen LogP contribution in [0, 0.1) is 17.3 Å². The van der Waals surface area contributed by atoms with Crippen LogP contribution in [-0.4, -0.2) is 26.6 Å². The van der Waals surface area contributed by atoms with E-state index in [1.165, 1.54) is 6.42 Å². The van der Waals surface area contributed by atoms with Crippen LogP contribution in [0.4, 0.5) is 5.95 Å². The Bertz CT molecular complexity index is 563. The zero-order valence-corrected chi connectivity index (χ0v) is 12.6. The van der Waals surface area contributed by atoms with Crippen molar-refractivity contribution in [1.29, 1.82) is 0 Å². The minimum absolute atomic E-state index is 0.0118. The molecule has 0 spiro atoms. The number of hydrogen-bond acceptors (Lipinski definition) is 5. The number of carbonyl (C=O) groups excluding carboxylic acids is 1. The van der Waals surface area contributed by atoms with E-state index in [1.54, 1.807) is 18.5 Å². The fourth-order valence-corrected chi connectivity index (χ4v) is 5.48. The molecule has 0 saturated heterocycles. The number of aromatic nitrogens is 2. The molecular weight excluding hydrogens is 280 g/mol. The van der Waals surface area contributed by atoms with Crippen molar-refractivity contribution in [2.45, 2.75) is 50.5 Å². The number of aliphatic hydroxyl groups is 1. The van der Waals surface area contributed by atoms with Gasteiger partial charge in [-0.25, -0.2) is 9.97 Å². The smallest absolute Gasteiger partial charge is 0.241 e. The van der Waals surface area contributed by atoms with Gasteiger partial charge in [-0.2, -0.15) is 0 Å². The fourth-order valence-electron chi connectivity index (χ4n) is 5.48. The molecule has 5 rings (SSSR count). The zero-order valence-electron chi connectivity index (χ0n) is 12.6. The third-order valence-corrected chi connectivity index (χ3v) is 5.57. The minimum atomic E-state index is -0.514. The number of nitrogens with one attached hydrogen (secondary N) is 2. The zero-order chi connectivity index (χ0) is 15.2. The van der Waals surface area contributed by atoms with Gasteiger partial charge in [0, 0.05) is 18.8 Å². The highest BCUT2D eigenvalue weighted by atomic mass is 16.3. The molecule has 1 aromatic rings. The molecule has 1 aromatic heterocycles. The first kappa shape index (κ1) is 13.9. The van der Waals surface area contributed by atoms with E-state index in [1.807, 2.05) is 0 Å². The molecule has 2 unspecified atom stereocenters. The lowest BCUT2D eigenvalue weighted by molar-refractivity contribution is -0.169. The van der Waals surface area contributed by atoms with Gasteiger partial charge in [-0.15, -0.1) is 0 Å². The summed E-state index contributed by atoms with van der Waals surface area (Å²) in [5, 5.41) is 10.7. The Morgan fingerprint density at radius 1 is 1.23 bits per heavy atom. The first-order valence-electron chi connectivity index (χ1n) is 8.09. The summed E-state index contributed by atoms with van der Waals surface area (Å²) >= 11 is 0. The summed E-state index contributed by atoms with van der Waals surface area (Å²) in [6, 6.07) is 1.73. The van der Waals surface area contributed by atoms with E-state index < -0.39 is 5.60 Å². The maximum atomic E-state index is 12.3. The third-order valence-electron chi connectivity index (χ3n) is 5.57. The molecule has 0 radical (unpaired) electrons. The van der Waals surface area contributed by atoms with E-state index >= 15 is 0 Å². The second kappa shape index (κ2) is 4.91. The van der Waals surface area contributed by atoms with Gasteiger partial charge in [-0.05, 0) is 61.8 Å². The summed E-state index contributed by atoms with van der Waals surface area (Å²) in [6.45, 7) is 0. The van der Waals surface area contributed by atoms with Gasteiger partial charge in [0.25, 0.3) is 0 Å². The summed E-state index contributed by atoms with van der Waals surface area (Å²) in [4.78, 5) is 20.3. The van der Waals surface area contributed by atoms with Gasteiger partial charge in [0.1, 0.15) is 0 Å². The highest BCUT2D eigenvalue weighted by Crippen LogP contribution is 2.62. The van der Waals surface area contributed by atoms with Crippen LogP contribution in [0.3, 0.4) is 0 Å². The first-order valence-corrected chi connectivity index (χ1v) is 8.09. The van der Waals surface area contributed by atoms with Crippen LogP contribution in [0.5, 0.6) is 0 Å². The van der Waals surface area contributed by atoms with E-state index in [0.717, 1.165) is 32.1 Å². The molecule has 4 bridgehead atoms. The Labute approximate surface area is 129 Å². The van der Waals surface area contributed by atoms with Crippen LogP contribution in [0.1, 0.15) is 44.9 Å². The van der Waals surface area contributed by atoms with Crippen molar-refractivity contribution in [2.24, 2.45) is 17.3 Å². The van der Waals surface area contributed by atoms with Gasteiger partial charge in [0.15, 0.2) is 0 Å². The average Bonchev–Trinajstić information content (AvgIpc) is 2.43. The number of hydrogen-bond donors (Lipinski definition) is 3. The van der Waals surface area contributed by atoms with E-state index in [0.29, 0.717) is 24.2 Å². The van der Waals surface area contributed by atoms with Crippen molar-refractivity contribution in [3.05, 3.63) is 18.5 Å². The number of anilines is 1. The van der Waals surface area contributed by atoms with E-state index in [-0.39, 0.29) is 11.3 Å². The summed E-state index contributed by atoms with van der Waals surface area (Å²) in [6.07, 6.45) is 9.77. The molecule has 6 nitrogen and oxygen atoms in total. The van der Waals surface area contributed by atoms with E-state index in [2.05, 4.69) is 20.8 Å². The monoisotopic (exact) mass is 302 g/mol. The van der Waals surface area contributed by atoms with Crippen molar-refractivity contribution in [2.75, 3.05) is 5.43 Å². The number of rotatable bonds is 4. The summed E-state index contributed by atoms with van der Waals surface area (Å²) in [5.41, 5.74) is 4.92. The fraction of sp³-hybridized carbons (Fsp3) is 0.688. The molecule has 2 atom stereocenters. The summed E-state index contributed by atoms with van der Waals surface area (Å²) in [5.74, 6) is 1.55. The predicted octanol–water partition coefficient (Wildman–Crippen LogP) is 1.64. The Morgan fingerprint density at radius 2 is 1.91 bits per heavy atom. The third kappa shape index (κ3) is 2.56. The van der Waals surface area contributed by atoms with Crippen LogP contribution in [0.15, 0.2) is 18.5 Å². The largest absolute Gasteiger partial charge is 0.390 e. The van der Waals surface area contributed by atoms with Crippen LogP contribution in [-0.2, 0) is 4.79 Å². The SMILES string of the molecule is O=C(CC12CC3CC(CC(O)(C3)C1)C2)NNc1ncccn1. The molecule has 118 valence electrons. The maximum absolute atomic E-state index is 12.3. The van der Waals surface area contributed by atoms with Crippen LogP contribution in [0.2, 0.25) is 0 Å². The van der Waals surface area contributed by atoms with Crippen LogP contribution in [0.25, 0.3) is 0 Å². The van der Waals surface area contributed by atoms with Gasteiger partial charge >= 0.3 is 0 Å². The van der Waals surface area contributed by atoms with Crippen molar-refractivity contribution >= 4 is 11.9 Å². The molecule has 4 aliphatic carbocycles. The second-order valence-electron chi connectivity index (χ2n) is 7.61. The molecular formula is C16H22N4O2. The van der Waals surface area contributed by atoms with Crippen molar-refractivity contribution in [1.82, 2.24) is 15.4 Å². The molecule has 4 aliphatic rings. The lowest BCUT2D eigenvalue weighted by Gasteiger charge is -2.60. The standard InChI is InChI=1S/C16H22N4O2/c21-13(19-20-14-17-2-1-3-18-14)9-15-5-11-4-12(6-15)8-16(22,7-11)10-15/h1-3,11-12,22H,4-10H2,(H,19,21)(H,17,18,20). The maximum Gasteiger partial charge on any atom is 0.241 e. The second-order valence-corrected chi connectivity index (χ2v) is 7.61. The van der Waals surface area contributed by atoms with Gasteiger partial charge in [0.05, 0.1) is 5.60 Å². The molecule has 0 aliphatic heterocycles. The quantitative estimate of drug-likeness (QED) is 0.736. The molecule has 22 heavy (non-hydrogen) atoms. The first-order chi connectivity index (χ1) is 10.5. The summed E-state index contributed by atoms with van der Waals surface area (Å²) in [7, 11) is 0. The van der Waals surface area contributed by atoms with Gasteiger partial charge in [-0.3, -0.25) is 15.6 Å².